The second-order valence-electron chi connectivity index (χ2n) is 6.64. The van der Waals surface area contributed by atoms with Crippen molar-refractivity contribution in [3.8, 4) is 0 Å². The molecule has 1 aliphatic heterocycles. The Morgan fingerprint density at radius 1 is 1.23 bits per heavy atom. The number of halogens is 2. The molecule has 0 spiro atoms. The number of esters is 1. The van der Waals surface area contributed by atoms with Gasteiger partial charge in [-0.15, -0.1) is 0 Å². The summed E-state index contributed by atoms with van der Waals surface area (Å²) >= 11 is 12.7. The van der Waals surface area contributed by atoms with E-state index in [0.29, 0.717) is 28.1 Å². The molecule has 5 heteroatoms. The highest BCUT2D eigenvalue weighted by Gasteiger charge is 2.39. The van der Waals surface area contributed by atoms with Crippen molar-refractivity contribution in [3.63, 3.8) is 0 Å². The number of carbonyl (C=O) groups is 1. The predicted molar refractivity (Wildman–Crippen MR) is 105 cm³/mol. The fourth-order valence-electron chi connectivity index (χ4n) is 4.00. The van der Waals surface area contributed by atoms with Crippen LogP contribution in [0.3, 0.4) is 0 Å². The van der Waals surface area contributed by atoms with Gasteiger partial charge in [-0.2, -0.15) is 0 Å². The monoisotopic (exact) mass is 387 g/mol. The molecule has 4 rings (SSSR count). The van der Waals surface area contributed by atoms with E-state index in [0.717, 1.165) is 23.2 Å². The molecule has 2 aromatic carbocycles. The minimum Gasteiger partial charge on any atom is -0.462 e. The number of allylic oxidation sites excluding steroid dienone is 2. The van der Waals surface area contributed by atoms with Gasteiger partial charge in [0.15, 0.2) is 0 Å². The average Bonchev–Trinajstić information content (AvgIpc) is 3.13. The number of hydrogen-bond donors (Lipinski definition) is 1. The van der Waals surface area contributed by atoms with Gasteiger partial charge >= 0.3 is 5.97 Å². The summed E-state index contributed by atoms with van der Waals surface area (Å²) in [6.45, 7) is 2.18. The molecule has 0 saturated heterocycles. The Kier molecular flexibility index (Phi) is 4.68. The Labute approximate surface area is 163 Å². The molecular formula is C21H19Cl2NO2. The normalized spacial score (nSPS) is 23.1. The molecule has 0 saturated carbocycles. The molecule has 0 radical (unpaired) electrons. The van der Waals surface area contributed by atoms with Crippen molar-refractivity contribution in [3.05, 3.63) is 75.3 Å². The van der Waals surface area contributed by atoms with Crippen LogP contribution in [0, 0.1) is 5.92 Å². The van der Waals surface area contributed by atoms with E-state index >= 15 is 0 Å². The lowest BCUT2D eigenvalue weighted by Crippen LogP contribution is -2.29. The molecule has 26 heavy (non-hydrogen) atoms. The van der Waals surface area contributed by atoms with Gasteiger partial charge in [-0.25, -0.2) is 4.79 Å². The first-order valence-corrected chi connectivity index (χ1v) is 9.54. The van der Waals surface area contributed by atoms with Crippen molar-refractivity contribution in [2.75, 3.05) is 11.9 Å². The van der Waals surface area contributed by atoms with E-state index in [-0.39, 0.29) is 17.9 Å². The fourth-order valence-corrected chi connectivity index (χ4v) is 4.43. The lowest BCUT2D eigenvalue weighted by molar-refractivity contribution is 0.0526. The Hall–Kier alpha value is -1.97. The number of fused-ring (bicyclic) bond motifs is 3. The molecule has 0 aromatic heterocycles. The maximum atomic E-state index is 12.1. The molecule has 1 heterocycles. The summed E-state index contributed by atoms with van der Waals surface area (Å²) < 4.78 is 5.14. The third-order valence-electron chi connectivity index (χ3n) is 5.19. The molecule has 0 bridgehead atoms. The van der Waals surface area contributed by atoms with E-state index in [1.165, 1.54) is 0 Å². The van der Waals surface area contributed by atoms with Crippen LogP contribution in [-0.4, -0.2) is 12.6 Å². The van der Waals surface area contributed by atoms with Crippen LogP contribution in [0.5, 0.6) is 0 Å². The average molecular weight is 388 g/mol. The van der Waals surface area contributed by atoms with Gasteiger partial charge in [-0.3, -0.25) is 0 Å². The van der Waals surface area contributed by atoms with Gasteiger partial charge in [0.1, 0.15) is 0 Å². The van der Waals surface area contributed by atoms with Gasteiger partial charge in [0, 0.05) is 11.6 Å². The summed E-state index contributed by atoms with van der Waals surface area (Å²) in [6, 6.07) is 11.5. The van der Waals surface area contributed by atoms with Crippen LogP contribution < -0.4 is 5.32 Å². The first-order chi connectivity index (χ1) is 12.6. The van der Waals surface area contributed by atoms with Gasteiger partial charge in [-0.1, -0.05) is 47.5 Å². The molecule has 2 aromatic rings. The number of anilines is 1. The number of nitrogens with one attached hydrogen (secondary N) is 1. The van der Waals surface area contributed by atoms with E-state index < -0.39 is 0 Å². The largest absolute Gasteiger partial charge is 0.462 e. The Balaban J connectivity index is 1.75. The number of rotatable bonds is 3. The number of carbonyl (C=O) groups excluding carboxylic acids is 1. The van der Waals surface area contributed by atoms with Crippen LogP contribution in [0.2, 0.25) is 10.0 Å². The van der Waals surface area contributed by atoms with Crippen LogP contribution in [0.1, 0.15) is 46.8 Å². The predicted octanol–water partition coefficient (Wildman–Crippen LogP) is 6.00. The molecule has 0 amide bonds. The Bertz CT molecular complexity index is 894. The van der Waals surface area contributed by atoms with E-state index in [1.54, 1.807) is 12.1 Å². The van der Waals surface area contributed by atoms with Gasteiger partial charge in [-0.05, 0) is 54.7 Å². The molecule has 1 N–H and O–H groups in total. The van der Waals surface area contributed by atoms with Crippen molar-refractivity contribution in [2.24, 2.45) is 5.92 Å². The van der Waals surface area contributed by atoms with Crippen molar-refractivity contribution in [2.45, 2.75) is 25.3 Å². The lowest BCUT2D eigenvalue weighted by Gasteiger charge is -2.38. The van der Waals surface area contributed by atoms with Gasteiger partial charge in [0.25, 0.3) is 0 Å². The number of ether oxygens (including phenoxy) is 1. The number of hydrogen-bond acceptors (Lipinski definition) is 3. The van der Waals surface area contributed by atoms with Crippen molar-refractivity contribution in [1.82, 2.24) is 0 Å². The summed E-state index contributed by atoms with van der Waals surface area (Å²) in [5.41, 5.74) is 3.75. The second-order valence-corrected chi connectivity index (χ2v) is 7.43. The summed E-state index contributed by atoms with van der Waals surface area (Å²) in [7, 11) is 0. The van der Waals surface area contributed by atoms with Crippen LogP contribution >= 0.6 is 23.2 Å². The molecule has 3 nitrogen and oxygen atoms in total. The van der Waals surface area contributed by atoms with Crippen LogP contribution in [0.25, 0.3) is 0 Å². The molecule has 0 unspecified atom stereocenters. The maximum absolute atomic E-state index is 12.1. The van der Waals surface area contributed by atoms with Crippen LogP contribution in [-0.2, 0) is 4.74 Å². The molecular weight excluding hydrogens is 369 g/mol. The van der Waals surface area contributed by atoms with Crippen molar-refractivity contribution >= 4 is 34.9 Å². The minimum atomic E-state index is -0.283. The third-order valence-corrected chi connectivity index (χ3v) is 6.02. The highest BCUT2D eigenvalue weighted by molar-refractivity contribution is 6.42. The summed E-state index contributed by atoms with van der Waals surface area (Å²) in [6.07, 6.45) is 5.38. The maximum Gasteiger partial charge on any atom is 0.338 e. The first-order valence-electron chi connectivity index (χ1n) is 8.78. The van der Waals surface area contributed by atoms with Gasteiger partial charge in [0.05, 0.1) is 28.3 Å². The highest BCUT2D eigenvalue weighted by Crippen LogP contribution is 2.51. The highest BCUT2D eigenvalue weighted by atomic mass is 35.5. The molecule has 0 fully saturated rings. The van der Waals surface area contributed by atoms with Crippen LogP contribution in [0.15, 0.2) is 48.6 Å². The number of benzene rings is 2. The molecule has 3 atom stereocenters. The molecule has 1 aliphatic carbocycles. The second kappa shape index (κ2) is 6.98. The molecule has 134 valence electrons. The van der Waals surface area contributed by atoms with Gasteiger partial charge < -0.3 is 10.1 Å². The first kappa shape index (κ1) is 17.4. The lowest BCUT2D eigenvalue weighted by atomic mass is 9.76. The topological polar surface area (TPSA) is 38.3 Å². The smallest absolute Gasteiger partial charge is 0.338 e. The van der Waals surface area contributed by atoms with Gasteiger partial charge in [0.2, 0.25) is 0 Å². The zero-order valence-electron chi connectivity index (χ0n) is 14.3. The summed E-state index contributed by atoms with van der Waals surface area (Å²) in [5, 5.41) is 4.78. The van der Waals surface area contributed by atoms with E-state index in [2.05, 4.69) is 17.5 Å². The minimum absolute atomic E-state index is 0.0714. The van der Waals surface area contributed by atoms with Crippen LogP contribution in [0.4, 0.5) is 5.69 Å². The summed E-state index contributed by atoms with van der Waals surface area (Å²) in [5.74, 6) is 0.283. The fraction of sp³-hybridized carbons (Fsp3) is 0.286. The zero-order chi connectivity index (χ0) is 18.3. The third kappa shape index (κ3) is 2.89. The molecule has 2 aliphatic rings. The Morgan fingerprint density at radius 2 is 2.08 bits per heavy atom. The quantitative estimate of drug-likeness (QED) is 0.518. The SMILES string of the molecule is CCOC(=O)c1ccc2c(c1)[C@H]1C=CC[C@@H]1[C@H](c1cccc(Cl)c1Cl)N2. The Morgan fingerprint density at radius 3 is 2.88 bits per heavy atom. The summed E-state index contributed by atoms with van der Waals surface area (Å²) in [4.78, 5) is 12.1. The van der Waals surface area contributed by atoms with Crippen molar-refractivity contribution < 1.29 is 9.53 Å². The van der Waals surface area contributed by atoms with E-state index in [9.17, 15) is 4.79 Å². The van der Waals surface area contributed by atoms with E-state index in [4.69, 9.17) is 27.9 Å². The zero-order valence-corrected chi connectivity index (χ0v) is 15.8. The van der Waals surface area contributed by atoms with E-state index in [1.807, 2.05) is 31.2 Å². The standard InChI is InChI=1S/C21H19Cl2NO2/c1-2-26-21(25)12-9-10-18-16(11-12)13-5-3-6-14(13)20(24-18)15-7-4-8-17(22)19(15)23/h3-5,7-11,13-14,20,24H,2,6H2,1H3/t13-,14-,20+/m0/s1. The van der Waals surface area contributed by atoms with Crippen molar-refractivity contribution in [1.29, 1.82) is 0 Å².